The maximum Gasteiger partial charge on any atom is 0.343 e. The third-order valence-corrected chi connectivity index (χ3v) is 8.77. The van der Waals surface area contributed by atoms with Gasteiger partial charge >= 0.3 is 5.97 Å². The second-order valence-corrected chi connectivity index (χ2v) is 11.8. The minimum absolute atomic E-state index is 0.0226. The molecule has 236 valence electrons. The lowest BCUT2D eigenvalue weighted by molar-refractivity contribution is -0.385. The Morgan fingerprint density at radius 1 is 0.681 bits per heavy atom. The van der Waals surface area contributed by atoms with E-state index < -0.39 is 47.3 Å². The third-order valence-electron chi connectivity index (χ3n) is 6.76. The predicted octanol–water partition coefficient (Wildman–Crippen LogP) is 6.47. The molecule has 0 aliphatic carbocycles. The maximum absolute atomic E-state index is 14.2. The lowest BCUT2D eigenvalue weighted by Crippen LogP contribution is -2.37. The van der Waals surface area contributed by atoms with Gasteiger partial charge in [0.1, 0.15) is 10.8 Å². The van der Waals surface area contributed by atoms with Crippen LogP contribution in [0.4, 0.5) is 22.7 Å². The number of benzene rings is 5. The number of nitro groups is 3. The molecule has 0 radical (unpaired) electrons. The van der Waals surface area contributed by atoms with Gasteiger partial charge in [0.15, 0.2) is 0 Å². The number of sulfonamides is 1. The molecule has 5 aromatic rings. The van der Waals surface area contributed by atoms with Gasteiger partial charge < -0.3 is 4.74 Å². The van der Waals surface area contributed by atoms with Gasteiger partial charge in [0.2, 0.25) is 0 Å². The molecule has 15 nitrogen and oxygen atoms in total. The number of hydrogen-bond donors (Lipinski definition) is 0. The summed E-state index contributed by atoms with van der Waals surface area (Å²) in [5, 5.41) is 33.6. The van der Waals surface area contributed by atoms with Gasteiger partial charge in [-0.2, -0.15) is 4.31 Å². The van der Waals surface area contributed by atoms with E-state index in [0.717, 1.165) is 48.5 Å². The van der Waals surface area contributed by atoms with Gasteiger partial charge in [0, 0.05) is 46.7 Å². The number of rotatable bonds is 9. The fourth-order valence-corrected chi connectivity index (χ4v) is 6.13. The summed E-state index contributed by atoms with van der Waals surface area (Å²) in [5.41, 5.74) is -1.91. The highest BCUT2D eigenvalue weighted by Crippen LogP contribution is 2.38. The number of nitrogens with zero attached hydrogens (tertiary/aromatic N) is 4. The van der Waals surface area contributed by atoms with Crippen molar-refractivity contribution in [3.63, 3.8) is 0 Å². The van der Waals surface area contributed by atoms with E-state index in [1.807, 2.05) is 0 Å². The van der Waals surface area contributed by atoms with E-state index in [2.05, 4.69) is 0 Å². The van der Waals surface area contributed by atoms with Gasteiger partial charge in [-0.15, -0.1) is 0 Å². The Morgan fingerprint density at radius 2 is 1.23 bits per heavy atom. The normalized spacial score (nSPS) is 11.1. The van der Waals surface area contributed by atoms with Crippen LogP contribution in [0.1, 0.15) is 20.7 Å². The van der Waals surface area contributed by atoms with E-state index in [1.165, 1.54) is 42.5 Å². The number of amides is 1. The van der Waals surface area contributed by atoms with E-state index >= 15 is 0 Å². The number of carbonyl (C=O) groups excluding carboxylic acids is 2. The molecule has 0 atom stereocenters. The molecule has 0 unspecified atom stereocenters. The molecule has 0 saturated heterocycles. The van der Waals surface area contributed by atoms with Crippen LogP contribution in [0.5, 0.6) is 5.75 Å². The lowest BCUT2D eigenvalue weighted by atomic mass is 10.1. The second-order valence-electron chi connectivity index (χ2n) is 9.57. The number of fused-ring (bicyclic) bond motifs is 1. The number of halogens is 1. The highest BCUT2D eigenvalue weighted by Gasteiger charge is 2.35. The van der Waals surface area contributed by atoms with Gasteiger partial charge in [-0.05, 0) is 48.5 Å². The molecule has 17 heteroatoms. The van der Waals surface area contributed by atoms with Crippen molar-refractivity contribution in [2.24, 2.45) is 0 Å². The number of nitro benzene ring substituents is 3. The van der Waals surface area contributed by atoms with Gasteiger partial charge in [0.25, 0.3) is 33.0 Å². The standard InChI is InChI=1S/C30H17ClN4O11S/c31-25-14-13-22(17-27(25)35(42)43)47(44,45)32(29(36)18-5-9-20(10-6-18)33(38)39)26-15-16-28(24-4-2-1-3-23(24)26)46-30(37)19-7-11-21(12-8-19)34(40)41/h1-17H. The molecule has 0 fully saturated rings. The van der Waals surface area contributed by atoms with Crippen LogP contribution >= 0.6 is 11.6 Å². The van der Waals surface area contributed by atoms with Crippen molar-refractivity contribution in [1.82, 2.24) is 0 Å². The van der Waals surface area contributed by atoms with Crippen molar-refractivity contribution >= 4 is 67.0 Å². The molecule has 0 saturated carbocycles. The van der Waals surface area contributed by atoms with E-state index in [9.17, 15) is 48.3 Å². The van der Waals surface area contributed by atoms with Gasteiger partial charge in [-0.25, -0.2) is 13.2 Å². The molecule has 0 spiro atoms. The maximum atomic E-state index is 14.2. The topological polar surface area (TPSA) is 210 Å². The molecular formula is C30H17ClN4O11S. The van der Waals surface area contributed by atoms with E-state index in [4.69, 9.17) is 16.3 Å². The first-order valence-corrected chi connectivity index (χ1v) is 14.9. The monoisotopic (exact) mass is 676 g/mol. The SMILES string of the molecule is O=C(Oc1ccc(N(C(=O)c2ccc([N+](=O)[O-])cc2)S(=O)(=O)c2ccc(Cl)c([N+](=O)[O-])c2)c2ccccc12)c1ccc([N+](=O)[O-])cc1. The van der Waals surface area contributed by atoms with E-state index in [-0.39, 0.29) is 49.7 Å². The molecular weight excluding hydrogens is 660 g/mol. The Morgan fingerprint density at radius 3 is 1.79 bits per heavy atom. The third kappa shape index (κ3) is 6.31. The van der Waals surface area contributed by atoms with E-state index in [0.29, 0.717) is 10.4 Å². The van der Waals surface area contributed by atoms with Crippen LogP contribution in [0, 0.1) is 30.3 Å². The van der Waals surface area contributed by atoms with Crippen molar-refractivity contribution < 1.29 is 37.5 Å². The molecule has 0 aliphatic rings. The first-order valence-electron chi connectivity index (χ1n) is 13.1. The Balaban J connectivity index is 1.66. The first-order chi connectivity index (χ1) is 22.3. The van der Waals surface area contributed by atoms with Crippen LogP contribution in [-0.2, 0) is 10.0 Å². The number of non-ortho nitro benzene ring substituents is 2. The summed E-state index contributed by atoms with van der Waals surface area (Å²) >= 11 is 5.90. The summed E-state index contributed by atoms with van der Waals surface area (Å²) in [5.74, 6) is -2.12. The summed E-state index contributed by atoms with van der Waals surface area (Å²) in [7, 11) is -4.96. The lowest BCUT2D eigenvalue weighted by Gasteiger charge is -2.25. The minimum Gasteiger partial charge on any atom is -0.422 e. The van der Waals surface area contributed by atoms with Crippen LogP contribution in [0.3, 0.4) is 0 Å². The molecule has 0 aliphatic heterocycles. The van der Waals surface area contributed by atoms with Crippen molar-refractivity contribution in [3.8, 4) is 5.75 Å². The average molecular weight is 677 g/mol. The molecule has 0 heterocycles. The van der Waals surface area contributed by atoms with E-state index in [1.54, 1.807) is 6.07 Å². The van der Waals surface area contributed by atoms with Crippen molar-refractivity contribution in [2.45, 2.75) is 4.90 Å². The molecule has 5 rings (SSSR count). The summed E-state index contributed by atoms with van der Waals surface area (Å²) in [6, 6.07) is 19.8. The predicted molar refractivity (Wildman–Crippen MR) is 167 cm³/mol. The fourth-order valence-electron chi connectivity index (χ4n) is 4.49. The molecule has 5 aromatic carbocycles. The minimum atomic E-state index is -4.96. The van der Waals surface area contributed by atoms with Crippen LogP contribution < -0.4 is 9.04 Å². The molecule has 0 aromatic heterocycles. The van der Waals surface area contributed by atoms with Gasteiger partial charge in [-0.1, -0.05) is 35.9 Å². The molecule has 0 N–H and O–H groups in total. The molecule has 1 amide bonds. The Kier molecular flexibility index (Phi) is 8.63. The number of anilines is 1. The largest absolute Gasteiger partial charge is 0.422 e. The number of ether oxygens (including phenoxy) is 1. The second kappa shape index (κ2) is 12.6. The quantitative estimate of drug-likeness (QED) is 0.0714. The summed E-state index contributed by atoms with van der Waals surface area (Å²) in [4.78, 5) is 57.7. The van der Waals surface area contributed by atoms with Crippen molar-refractivity contribution in [2.75, 3.05) is 4.31 Å². The highest BCUT2D eigenvalue weighted by atomic mass is 35.5. The Bertz CT molecular complexity index is 2230. The highest BCUT2D eigenvalue weighted by molar-refractivity contribution is 7.93. The van der Waals surface area contributed by atoms with Crippen LogP contribution in [0.15, 0.2) is 108 Å². The fraction of sp³-hybridized carbons (Fsp3) is 0. The Hall–Kier alpha value is -6.26. The molecule has 47 heavy (non-hydrogen) atoms. The van der Waals surface area contributed by atoms with Crippen LogP contribution in [0.2, 0.25) is 5.02 Å². The van der Waals surface area contributed by atoms with Crippen molar-refractivity contribution in [3.05, 3.63) is 150 Å². The zero-order valence-electron chi connectivity index (χ0n) is 23.4. The number of esters is 1. The summed E-state index contributed by atoms with van der Waals surface area (Å²) in [6.45, 7) is 0. The number of hydrogen-bond acceptors (Lipinski definition) is 11. The Labute approximate surface area is 268 Å². The average Bonchev–Trinajstić information content (AvgIpc) is 3.05. The van der Waals surface area contributed by atoms with Gasteiger partial charge in [-0.3, -0.25) is 35.1 Å². The zero-order valence-corrected chi connectivity index (χ0v) is 25.0. The van der Waals surface area contributed by atoms with Crippen LogP contribution in [0.25, 0.3) is 10.8 Å². The smallest absolute Gasteiger partial charge is 0.343 e. The zero-order chi connectivity index (χ0) is 34.0. The number of carbonyl (C=O) groups is 2. The van der Waals surface area contributed by atoms with Crippen LogP contribution in [-0.4, -0.2) is 35.1 Å². The molecule has 0 bridgehead atoms. The first kappa shape index (κ1) is 32.1. The summed E-state index contributed by atoms with van der Waals surface area (Å²) < 4.78 is 34.3. The van der Waals surface area contributed by atoms with Crippen molar-refractivity contribution in [1.29, 1.82) is 0 Å². The summed E-state index contributed by atoms with van der Waals surface area (Å²) in [6.07, 6.45) is 0. The van der Waals surface area contributed by atoms with Gasteiger partial charge in [0.05, 0.1) is 30.9 Å².